The van der Waals surface area contributed by atoms with Gasteiger partial charge in [-0.05, 0) is 13.5 Å². The molecule has 1 fully saturated rings. The van der Waals surface area contributed by atoms with Crippen LogP contribution in [0.3, 0.4) is 0 Å². The van der Waals surface area contributed by atoms with Crippen LogP contribution in [0, 0.1) is 0 Å². The van der Waals surface area contributed by atoms with Gasteiger partial charge in [0.1, 0.15) is 0 Å². The molecule has 0 radical (unpaired) electrons. The van der Waals surface area contributed by atoms with Crippen molar-refractivity contribution in [1.29, 1.82) is 0 Å². The highest BCUT2D eigenvalue weighted by molar-refractivity contribution is 8.07. The van der Waals surface area contributed by atoms with Crippen LogP contribution in [0.25, 0.3) is 0 Å². The average molecular weight is 231 g/mol. The van der Waals surface area contributed by atoms with Crippen molar-refractivity contribution in [1.82, 2.24) is 5.32 Å². The molecule has 0 bridgehead atoms. The first-order valence-corrected chi connectivity index (χ1v) is 7.23. The highest BCUT2D eigenvalue weighted by Gasteiger charge is 2.29. The predicted octanol–water partition coefficient (Wildman–Crippen LogP) is 2.78. The highest BCUT2D eigenvalue weighted by atomic mass is 32.2. The van der Waals surface area contributed by atoms with E-state index in [1.165, 1.54) is 5.75 Å². The molecular formula is C11H21NS2. The molecule has 0 aromatic rings. The fraction of sp³-hybridized carbons (Fsp3) is 0.818. The standard InChI is InChI=1S/C11H21NS2/c1-5-6-10(12-4)11-7-13-8(2)9(3)14-11/h5,8-12H,1,6-7H2,2-4H3. The summed E-state index contributed by atoms with van der Waals surface area (Å²) in [6.07, 6.45) is 3.10. The lowest BCUT2D eigenvalue weighted by atomic mass is 10.1. The van der Waals surface area contributed by atoms with Crippen molar-refractivity contribution in [3.8, 4) is 0 Å². The minimum absolute atomic E-state index is 0.597. The molecule has 0 saturated carbocycles. The summed E-state index contributed by atoms with van der Waals surface area (Å²) in [5.41, 5.74) is 0. The van der Waals surface area contributed by atoms with Crippen molar-refractivity contribution in [3.05, 3.63) is 12.7 Å². The average Bonchev–Trinajstić information content (AvgIpc) is 2.19. The molecule has 0 spiro atoms. The maximum atomic E-state index is 3.82. The van der Waals surface area contributed by atoms with Gasteiger partial charge >= 0.3 is 0 Å². The summed E-state index contributed by atoms with van der Waals surface area (Å²) < 4.78 is 0. The Morgan fingerprint density at radius 2 is 2.21 bits per heavy atom. The van der Waals surface area contributed by atoms with Crippen molar-refractivity contribution in [2.75, 3.05) is 12.8 Å². The molecule has 1 N–H and O–H groups in total. The fourth-order valence-corrected chi connectivity index (χ4v) is 4.84. The minimum atomic E-state index is 0.597. The Bertz CT molecular complexity index is 184. The third-order valence-electron chi connectivity index (χ3n) is 2.81. The molecule has 0 aliphatic carbocycles. The van der Waals surface area contributed by atoms with Crippen LogP contribution in [0.15, 0.2) is 12.7 Å². The summed E-state index contributed by atoms with van der Waals surface area (Å²) in [6.45, 7) is 8.50. The lowest BCUT2D eigenvalue weighted by Gasteiger charge is -2.35. The molecule has 4 unspecified atom stereocenters. The SMILES string of the molecule is C=CCC(NC)C1CSC(C)C(C)S1. The van der Waals surface area contributed by atoms with Crippen molar-refractivity contribution in [2.24, 2.45) is 0 Å². The molecule has 1 heterocycles. The lowest BCUT2D eigenvalue weighted by Crippen LogP contribution is -2.41. The molecule has 0 aromatic heterocycles. The number of rotatable bonds is 4. The molecule has 3 heteroatoms. The Labute approximate surface area is 96.5 Å². The summed E-state index contributed by atoms with van der Waals surface area (Å²) in [5.74, 6) is 1.27. The second kappa shape index (κ2) is 6.09. The molecule has 1 rings (SSSR count). The fourth-order valence-electron chi connectivity index (χ4n) is 1.65. The van der Waals surface area contributed by atoms with Gasteiger partial charge in [-0.1, -0.05) is 19.9 Å². The van der Waals surface area contributed by atoms with Gasteiger partial charge in [-0.25, -0.2) is 0 Å². The molecule has 1 nitrogen and oxygen atoms in total. The van der Waals surface area contributed by atoms with E-state index in [2.05, 4.69) is 56.3 Å². The van der Waals surface area contributed by atoms with Crippen LogP contribution in [-0.4, -0.2) is 34.6 Å². The molecule has 1 saturated heterocycles. The molecule has 0 amide bonds. The molecule has 0 aromatic carbocycles. The van der Waals surface area contributed by atoms with E-state index >= 15 is 0 Å². The van der Waals surface area contributed by atoms with E-state index in [0.717, 1.165) is 22.2 Å². The summed E-state index contributed by atoms with van der Waals surface area (Å²) in [4.78, 5) is 0. The van der Waals surface area contributed by atoms with Crippen molar-refractivity contribution < 1.29 is 0 Å². The van der Waals surface area contributed by atoms with Gasteiger partial charge in [-0.3, -0.25) is 0 Å². The Balaban J connectivity index is 2.47. The normalized spacial score (nSPS) is 35.2. The number of hydrogen-bond acceptors (Lipinski definition) is 3. The largest absolute Gasteiger partial charge is 0.316 e. The Kier molecular flexibility index (Phi) is 5.42. The van der Waals surface area contributed by atoms with Crippen LogP contribution >= 0.6 is 23.5 Å². The lowest BCUT2D eigenvalue weighted by molar-refractivity contribution is 0.563. The monoisotopic (exact) mass is 231 g/mol. The van der Waals surface area contributed by atoms with Gasteiger partial charge in [0, 0.05) is 27.5 Å². The van der Waals surface area contributed by atoms with Gasteiger partial charge in [0.25, 0.3) is 0 Å². The van der Waals surface area contributed by atoms with E-state index in [1.54, 1.807) is 0 Å². The molecule has 1 aliphatic rings. The third kappa shape index (κ3) is 3.21. The molecular weight excluding hydrogens is 210 g/mol. The van der Waals surface area contributed by atoms with E-state index in [0.29, 0.717) is 6.04 Å². The smallest absolute Gasteiger partial charge is 0.0297 e. The van der Waals surface area contributed by atoms with Crippen LogP contribution in [0.2, 0.25) is 0 Å². The predicted molar refractivity (Wildman–Crippen MR) is 70.4 cm³/mol. The number of thioether (sulfide) groups is 2. The first-order chi connectivity index (χ1) is 6.69. The van der Waals surface area contributed by atoms with Gasteiger partial charge in [0.2, 0.25) is 0 Å². The van der Waals surface area contributed by atoms with Crippen LogP contribution in [0.1, 0.15) is 20.3 Å². The van der Waals surface area contributed by atoms with E-state index in [9.17, 15) is 0 Å². The van der Waals surface area contributed by atoms with Crippen molar-refractivity contribution in [2.45, 2.75) is 42.1 Å². The molecule has 14 heavy (non-hydrogen) atoms. The van der Waals surface area contributed by atoms with E-state index < -0.39 is 0 Å². The molecule has 82 valence electrons. The topological polar surface area (TPSA) is 12.0 Å². The van der Waals surface area contributed by atoms with Crippen LogP contribution in [0.4, 0.5) is 0 Å². The number of nitrogens with one attached hydrogen (secondary N) is 1. The Morgan fingerprint density at radius 3 is 2.71 bits per heavy atom. The first-order valence-electron chi connectivity index (χ1n) is 5.24. The zero-order valence-electron chi connectivity index (χ0n) is 9.32. The third-order valence-corrected chi connectivity index (χ3v) is 6.37. The zero-order valence-corrected chi connectivity index (χ0v) is 11.0. The summed E-state index contributed by atoms with van der Waals surface area (Å²) >= 11 is 4.24. The van der Waals surface area contributed by atoms with Crippen molar-refractivity contribution >= 4 is 23.5 Å². The Morgan fingerprint density at radius 1 is 1.50 bits per heavy atom. The zero-order chi connectivity index (χ0) is 10.6. The summed E-state index contributed by atoms with van der Waals surface area (Å²) in [5, 5.41) is 5.73. The van der Waals surface area contributed by atoms with Gasteiger partial charge in [0.05, 0.1) is 0 Å². The summed E-state index contributed by atoms with van der Waals surface area (Å²) in [6, 6.07) is 0.597. The van der Waals surface area contributed by atoms with Gasteiger partial charge in [-0.15, -0.1) is 6.58 Å². The van der Waals surface area contributed by atoms with E-state index in [-0.39, 0.29) is 0 Å². The van der Waals surface area contributed by atoms with E-state index in [1.807, 2.05) is 6.08 Å². The maximum Gasteiger partial charge on any atom is 0.0297 e. The Hall–Kier alpha value is 0.400. The molecule has 4 atom stereocenters. The van der Waals surface area contributed by atoms with E-state index in [4.69, 9.17) is 0 Å². The van der Waals surface area contributed by atoms with Gasteiger partial charge in [0.15, 0.2) is 0 Å². The second-order valence-corrected chi connectivity index (χ2v) is 6.87. The van der Waals surface area contributed by atoms with Crippen LogP contribution < -0.4 is 5.32 Å². The van der Waals surface area contributed by atoms with Crippen molar-refractivity contribution in [3.63, 3.8) is 0 Å². The minimum Gasteiger partial charge on any atom is -0.316 e. The quantitative estimate of drug-likeness (QED) is 0.747. The summed E-state index contributed by atoms with van der Waals surface area (Å²) in [7, 11) is 2.06. The highest BCUT2D eigenvalue weighted by Crippen LogP contribution is 2.37. The van der Waals surface area contributed by atoms with Crippen LogP contribution in [-0.2, 0) is 0 Å². The van der Waals surface area contributed by atoms with Gasteiger partial charge < -0.3 is 5.32 Å². The second-order valence-electron chi connectivity index (χ2n) is 3.84. The maximum absolute atomic E-state index is 3.82. The van der Waals surface area contributed by atoms with Gasteiger partial charge in [-0.2, -0.15) is 23.5 Å². The van der Waals surface area contributed by atoms with Crippen LogP contribution in [0.5, 0.6) is 0 Å². The molecule has 1 aliphatic heterocycles. The number of hydrogen-bond donors (Lipinski definition) is 1. The first kappa shape index (κ1) is 12.5.